The van der Waals surface area contributed by atoms with Crippen molar-refractivity contribution in [1.29, 1.82) is 0 Å². The van der Waals surface area contributed by atoms with Crippen LogP contribution in [0.4, 0.5) is 5.69 Å². The summed E-state index contributed by atoms with van der Waals surface area (Å²) < 4.78 is 31.0. The van der Waals surface area contributed by atoms with Crippen LogP contribution in [-0.2, 0) is 10.1 Å². The third-order valence-corrected chi connectivity index (χ3v) is 4.37. The minimum Gasteiger partial charge on any atom is -0.508 e. The van der Waals surface area contributed by atoms with Crippen molar-refractivity contribution in [1.82, 2.24) is 0 Å². The SMILES string of the molecule is O=C(Nc1ccc(S(=O)(=O)O)cc1)c1cc(O)cc2ccccc12. The Labute approximate surface area is 138 Å². The first kappa shape index (κ1) is 16.0. The average molecular weight is 343 g/mol. The second kappa shape index (κ2) is 5.95. The Hall–Kier alpha value is -2.90. The Morgan fingerprint density at radius 3 is 2.29 bits per heavy atom. The molecule has 3 aromatic carbocycles. The summed E-state index contributed by atoms with van der Waals surface area (Å²) in [6, 6.07) is 15.2. The molecule has 0 saturated carbocycles. The molecule has 0 aliphatic rings. The second-order valence-electron chi connectivity index (χ2n) is 5.17. The highest BCUT2D eigenvalue weighted by Gasteiger charge is 2.13. The maximum absolute atomic E-state index is 12.5. The van der Waals surface area contributed by atoms with E-state index in [4.69, 9.17) is 4.55 Å². The number of carbonyl (C=O) groups is 1. The summed E-state index contributed by atoms with van der Waals surface area (Å²) in [6.45, 7) is 0. The van der Waals surface area contributed by atoms with E-state index in [2.05, 4.69) is 5.32 Å². The van der Waals surface area contributed by atoms with Gasteiger partial charge in [-0.05, 0) is 47.2 Å². The van der Waals surface area contributed by atoms with Gasteiger partial charge in [0.25, 0.3) is 16.0 Å². The maximum Gasteiger partial charge on any atom is 0.294 e. The van der Waals surface area contributed by atoms with Crippen LogP contribution in [0.25, 0.3) is 10.8 Å². The largest absolute Gasteiger partial charge is 0.508 e. The Morgan fingerprint density at radius 1 is 0.958 bits per heavy atom. The number of phenols is 1. The Morgan fingerprint density at radius 2 is 1.62 bits per heavy atom. The lowest BCUT2D eigenvalue weighted by Crippen LogP contribution is -2.12. The van der Waals surface area contributed by atoms with Gasteiger partial charge in [-0.3, -0.25) is 9.35 Å². The lowest BCUT2D eigenvalue weighted by Gasteiger charge is -2.09. The molecule has 1 amide bonds. The van der Waals surface area contributed by atoms with E-state index in [-0.39, 0.29) is 10.6 Å². The van der Waals surface area contributed by atoms with E-state index in [9.17, 15) is 18.3 Å². The molecule has 0 aliphatic carbocycles. The molecule has 6 nitrogen and oxygen atoms in total. The van der Waals surface area contributed by atoms with E-state index < -0.39 is 16.0 Å². The standard InChI is InChI=1S/C17H13NO5S/c19-13-9-11-3-1-2-4-15(11)16(10-13)17(20)18-12-5-7-14(8-6-12)24(21,22)23/h1-10,19H,(H,18,20)(H,21,22,23). The molecular formula is C17H13NO5S. The van der Waals surface area contributed by atoms with Crippen molar-refractivity contribution in [3.63, 3.8) is 0 Å². The molecule has 0 unspecified atom stereocenters. The molecule has 0 spiro atoms. The smallest absolute Gasteiger partial charge is 0.294 e. The van der Waals surface area contributed by atoms with E-state index in [0.29, 0.717) is 16.6 Å². The molecule has 122 valence electrons. The summed E-state index contributed by atoms with van der Waals surface area (Å²) in [5.74, 6) is -0.470. The van der Waals surface area contributed by atoms with Crippen molar-refractivity contribution in [2.24, 2.45) is 0 Å². The van der Waals surface area contributed by atoms with Gasteiger partial charge in [-0.25, -0.2) is 0 Å². The number of benzene rings is 3. The Bertz CT molecular complexity index is 1030. The lowest BCUT2D eigenvalue weighted by atomic mass is 10.0. The summed E-state index contributed by atoms with van der Waals surface area (Å²) in [5, 5.41) is 13.8. The van der Waals surface area contributed by atoms with Crippen LogP contribution in [0.5, 0.6) is 5.75 Å². The fourth-order valence-corrected chi connectivity index (χ4v) is 2.87. The van der Waals surface area contributed by atoms with Crippen LogP contribution in [-0.4, -0.2) is 24.0 Å². The number of anilines is 1. The lowest BCUT2D eigenvalue weighted by molar-refractivity contribution is 0.102. The zero-order valence-corrected chi connectivity index (χ0v) is 13.1. The first-order chi connectivity index (χ1) is 11.3. The van der Waals surface area contributed by atoms with Crippen molar-refractivity contribution >= 4 is 32.5 Å². The van der Waals surface area contributed by atoms with Crippen LogP contribution in [0.2, 0.25) is 0 Å². The molecule has 0 fully saturated rings. The number of rotatable bonds is 3. The van der Waals surface area contributed by atoms with Gasteiger partial charge in [0.2, 0.25) is 0 Å². The molecule has 3 aromatic rings. The number of carbonyl (C=O) groups excluding carboxylic acids is 1. The summed E-state index contributed by atoms with van der Waals surface area (Å²) in [6.07, 6.45) is 0. The molecule has 0 radical (unpaired) electrons. The monoisotopic (exact) mass is 343 g/mol. The maximum atomic E-state index is 12.5. The zero-order chi connectivity index (χ0) is 17.3. The van der Waals surface area contributed by atoms with Gasteiger partial charge in [-0.15, -0.1) is 0 Å². The predicted molar refractivity (Wildman–Crippen MR) is 89.8 cm³/mol. The minimum absolute atomic E-state index is 0.0272. The summed E-state index contributed by atoms with van der Waals surface area (Å²) >= 11 is 0. The molecule has 3 N–H and O–H groups in total. The van der Waals surface area contributed by atoms with E-state index in [1.165, 1.54) is 30.3 Å². The quantitative estimate of drug-likeness (QED) is 0.634. The molecular weight excluding hydrogens is 330 g/mol. The Kier molecular flexibility index (Phi) is 3.96. The van der Waals surface area contributed by atoms with Crippen molar-refractivity contribution in [3.05, 3.63) is 66.2 Å². The number of hydrogen-bond donors (Lipinski definition) is 3. The number of hydrogen-bond acceptors (Lipinski definition) is 4. The van der Waals surface area contributed by atoms with Crippen LogP contribution in [0.3, 0.4) is 0 Å². The van der Waals surface area contributed by atoms with Crippen molar-refractivity contribution in [2.45, 2.75) is 4.90 Å². The summed E-state index contributed by atoms with van der Waals surface area (Å²) in [7, 11) is -4.28. The van der Waals surface area contributed by atoms with Crippen molar-refractivity contribution in [2.75, 3.05) is 5.32 Å². The molecule has 3 rings (SSSR count). The van der Waals surface area contributed by atoms with E-state index in [1.807, 2.05) is 0 Å². The number of nitrogens with one attached hydrogen (secondary N) is 1. The first-order valence-corrected chi connectivity index (χ1v) is 8.39. The molecule has 0 aliphatic heterocycles. The molecule has 0 bridgehead atoms. The summed E-state index contributed by atoms with van der Waals surface area (Å²) in [5.41, 5.74) is 0.657. The highest BCUT2D eigenvalue weighted by atomic mass is 32.2. The van der Waals surface area contributed by atoms with Gasteiger partial charge in [0.05, 0.1) is 10.5 Å². The fourth-order valence-electron chi connectivity index (χ4n) is 2.39. The van der Waals surface area contributed by atoms with Gasteiger partial charge < -0.3 is 10.4 Å². The van der Waals surface area contributed by atoms with E-state index in [0.717, 1.165) is 5.39 Å². The van der Waals surface area contributed by atoms with Crippen LogP contribution >= 0.6 is 0 Å². The van der Waals surface area contributed by atoms with Crippen molar-refractivity contribution < 1.29 is 22.9 Å². The number of fused-ring (bicyclic) bond motifs is 1. The highest BCUT2D eigenvalue weighted by molar-refractivity contribution is 7.85. The van der Waals surface area contributed by atoms with Crippen LogP contribution in [0.15, 0.2) is 65.6 Å². The average Bonchev–Trinajstić information content (AvgIpc) is 2.53. The normalized spacial score (nSPS) is 11.4. The third kappa shape index (κ3) is 3.22. The molecule has 0 aromatic heterocycles. The van der Waals surface area contributed by atoms with E-state index in [1.54, 1.807) is 30.3 Å². The van der Waals surface area contributed by atoms with Gasteiger partial charge >= 0.3 is 0 Å². The van der Waals surface area contributed by atoms with Gasteiger partial charge in [-0.2, -0.15) is 8.42 Å². The number of aromatic hydroxyl groups is 1. The Balaban J connectivity index is 1.93. The van der Waals surface area contributed by atoms with E-state index >= 15 is 0 Å². The molecule has 7 heteroatoms. The first-order valence-electron chi connectivity index (χ1n) is 6.95. The number of phenolic OH excluding ortho intramolecular Hbond substituents is 1. The van der Waals surface area contributed by atoms with Crippen LogP contribution in [0.1, 0.15) is 10.4 Å². The zero-order valence-electron chi connectivity index (χ0n) is 12.3. The van der Waals surface area contributed by atoms with Crippen LogP contribution in [0, 0.1) is 0 Å². The topological polar surface area (TPSA) is 104 Å². The van der Waals surface area contributed by atoms with Gasteiger partial charge in [-0.1, -0.05) is 24.3 Å². The highest BCUT2D eigenvalue weighted by Crippen LogP contribution is 2.25. The molecule has 0 heterocycles. The third-order valence-electron chi connectivity index (χ3n) is 3.50. The van der Waals surface area contributed by atoms with Crippen molar-refractivity contribution in [3.8, 4) is 5.75 Å². The fraction of sp³-hybridized carbons (Fsp3) is 0. The van der Waals surface area contributed by atoms with Crippen LogP contribution < -0.4 is 5.32 Å². The van der Waals surface area contributed by atoms with Gasteiger partial charge in [0, 0.05) is 5.69 Å². The molecule has 0 saturated heterocycles. The number of amides is 1. The minimum atomic E-state index is -4.28. The molecule has 24 heavy (non-hydrogen) atoms. The summed E-state index contributed by atoms with van der Waals surface area (Å²) in [4.78, 5) is 12.2. The second-order valence-corrected chi connectivity index (χ2v) is 6.59. The van der Waals surface area contributed by atoms with Gasteiger partial charge in [0.1, 0.15) is 5.75 Å². The molecule has 0 atom stereocenters. The predicted octanol–water partition coefficient (Wildman–Crippen LogP) is 3.04. The van der Waals surface area contributed by atoms with Gasteiger partial charge in [0.15, 0.2) is 0 Å².